The molecule has 0 saturated carbocycles. The van der Waals surface area contributed by atoms with Crippen molar-refractivity contribution in [2.24, 2.45) is 11.8 Å². The van der Waals surface area contributed by atoms with Crippen molar-refractivity contribution >= 4 is 5.69 Å². The van der Waals surface area contributed by atoms with Crippen LogP contribution in [0.2, 0.25) is 0 Å². The van der Waals surface area contributed by atoms with Gasteiger partial charge < -0.3 is 15.1 Å². The zero-order valence-electron chi connectivity index (χ0n) is 12.3. The minimum Gasteiger partial charge on any atom is -0.370 e. The lowest BCUT2D eigenvalue weighted by Gasteiger charge is -2.28. The van der Waals surface area contributed by atoms with Crippen LogP contribution < -0.4 is 10.2 Å². The van der Waals surface area contributed by atoms with Gasteiger partial charge in [-0.2, -0.15) is 0 Å². The molecule has 116 valence electrons. The highest BCUT2D eigenvalue weighted by Crippen LogP contribution is 2.31. The number of hydrogen-bond donors (Lipinski definition) is 1. The molecule has 1 aromatic carbocycles. The van der Waals surface area contributed by atoms with Gasteiger partial charge in [0, 0.05) is 50.7 Å². The molecule has 0 radical (unpaired) electrons. The van der Waals surface area contributed by atoms with Crippen LogP contribution in [0.5, 0.6) is 0 Å². The summed E-state index contributed by atoms with van der Waals surface area (Å²) in [5.74, 6) is 0.357. The fraction of sp³-hybridized carbons (Fsp3) is 0.412. The Morgan fingerprint density at radius 1 is 1.00 bits per heavy atom. The number of rotatable bonds is 2. The molecule has 4 rings (SSSR count). The van der Waals surface area contributed by atoms with Gasteiger partial charge >= 0.3 is 0 Å². The molecule has 5 heteroatoms. The van der Waals surface area contributed by atoms with Crippen molar-refractivity contribution in [2.75, 3.05) is 37.6 Å². The molecule has 0 aromatic heterocycles. The van der Waals surface area contributed by atoms with E-state index in [2.05, 4.69) is 16.3 Å². The van der Waals surface area contributed by atoms with Gasteiger partial charge in [-0.1, -0.05) is 6.08 Å². The van der Waals surface area contributed by atoms with Crippen molar-refractivity contribution < 1.29 is 8.78 Å². The summed E-state index contributed by atoms with van der Waals surface area (Å²) in [5.41, 5.74) is 1.69. The standard InChI is InChI=1S/C17H19F2N3/c18-14-4-15(19)6-17(5-14)21-3-1-2-16(11-21)22-9-12-7-20-8-13(12)10-22/h1-2,4-6,11-13,20H,3,7-10H2/t12-,13+. The number of hydrogen-bond acceptors (Lipinski definition) is 3. The van der Waals surface area contributed by atoms with E-state index >= 15 is 0 Å². The van der Waals surface area contributed by atoms with Gasteiger partial charge in [0.1, 0.15) is 11.6 Å². The van der Waals surface area contributed by atoms with Crippen LogP contribution in [0.3, 0.4) is 0 Å². The second-order valence-corrected chi connectivity index (χ2v) is 6.32. The molecule has 0 bridgehead atoms. The summed E-state index contributed by atoms with van der Waals surface area (Å²) in [5, 5.41) is 3.44. The number of allylic oxidation sites excluding steroid dienone is 1. The highest BCUT2D eigenvalue weighted by molar-refractivity contribution is 5.53. The summed E-state index contributed by atoms with van der Waals surface area (Å²) in [6.45, 7) is 4.93. The zero-order valence-corrected chi connectivity index (χ0v) is 12.3. The summed E-state index contributed by atoms with van der Waals surface area (Å²) in [4.78, 5) is 4.28. The van der Waals surface area contributed by atoms with Gasteiger partial charge in [-0.25, -0.2) is 8.78 Å². The molecule has 0 amide bonds. The summed E-state index contributed by atoms with van der Waals surface area (Å²) in [6, 6.07) is 3.65. The Morgan fingerprint density at radius 3 is 2.36 bits per heavy atom. The topological polar surface area (TPSA) is 18.5 Å². The summed E-state index contributed by atoms with van der Waals surface area (Å²) in [6.07, 6.45) is 6.16. The number of fused-ring (bicyclic) bond motifs is 1. The third-order valence-corrected chi connectivity index (χ3v) is 4.81. The summed E-state index contributed by atoms with van der Waals surface area (Å²) < 4.78 is 26.8. The molecule has 2 saturated heterocycles. The van der Waals surface area contributed by atoms with Crippen molar-refractivity contribution in [3.63, 3.8) is 0 Å². The minimum absolute atomic E-state index is 0.540. The average molecular weight is 303 g/mol. The highest BCUT2D eigenvalue weighted by Gasteiger charge is 2.36. The Hall–Kier alpha value is -1.88. The average Bonchev–Trinajstić information content (AvgIpc) is 3.07. The molecule has 3 nitrogen and oxygen atoms in total. The maximum atomic E-state index is 13.4. The van der Waals surface area contributed by atoms with Crippen LogP contribution in [0.25, 0.3) is 0 Å². The Labute approximate surface area is 128 Å². The third-order valence-electron chi connectivity index (χ3n) is 4.81. The number of nitrogens with zero attached hydrogens (tertiary/aromatic N) is 2. The summed E-state index contributed by atoms with van der Waals surface area (Å²) >= 11 is 0. The van der Waals surface area contributed by atoms with Gasteiger partial charge in [0.15, 0.2) is 0 Å². The number of nitrogens with one attached hydrogen (secondary N) is 1. The maximum absolute atomic E-state index is 13.4. The van der Waals surface area contributed by atoms with E-state index in [1.54, 1.807) is 0 Å². The second kappa shape index (κ2) is 5.39. The molecule has 2 atom stereocenters. The van der Waals surface area contributed by atoms with Gasteiger partial charge in [-0.15, -0.1) is 0 Å². The van der Waals surface area contributed by atoms with Gasteiger partial charge in [-0.3, -0.25) is 0 Å². The van der Waals surface area contributed by atoms with E-state index in [-0.39, 0.29) is 0 Å². The predicted molar refractivity (Wildman–Crippen MR) is 82.3 cm³/mol. The minimum atomic E-state index is -0.540. The molecular formula is C17H19F2N3. The van der Waals surface area contributed by atoms with Gasteiger partial charge in [-0.05, 0) is 30.0 Å². The van der Waals surface area contributed by atoms with Gasteiger partial charge in [0.25, 0.3) is 0 Å². The number of likely N-dealkylation sites (tertiary alicyclic amines) is 1. The monoisotopic (exact) mass is 303 g/mol. The third kappa shape index (κ3) is 2.50. The fourth-order valence-corrected chi connectivity index (χ4v) is 3.68. The van der Waals surface area contributed by atoms with E-state index in [1.807, 2.05) is 17.2 Å². The number of halogens is 2. The highest BCUT2D eigenvalue weighted by atomic mass is 19.1. The first kappa shape index (κ1) is 13.8. The molecule has 3 aliphatic heterocycles. The van der Waals surface area contributed by atoms with E-state index in [0.29, 0.717) is 12.2 Å². The van der Waals surface area contributed by atoms with E-state index in [0.717, 1.165) is 49.8 Å². The molecule has 0 spiro atoms. The van der Waals surface area contributed by atoms with E-state index in [4.69, 9.17) is 0 Å². The predicted octanol–water partition coefficient (Wildman–Crippen LogP) is 2.33. The lowest BCUT2D eigenvalue weighted by Crippen LogP contribution is -2.29. The Morgan fingerprint density at radius 2 is 1.68 bits per heavy atom. The smallest absolute Gasteiger partial charge is 0.128 e. The molecule has 3 aliphatic rings. The van der Waals surface area contributed by atoms with Crippen LogP contribution in [-0.4, -0.2) is 37.6 Å². The summed E-state index contributed by atoms with van der Waals surface area (Å²) in [7, 11) is 0. The zero-order chi connectivity index (χ0) is 15.1. The molecular weight excluding hydrogens is 284 g/mol. The van der Waals surface area contributed by atoms with Crippen LogP contribution in [0.1, 0.15) is 0 Å². The van der Waals surface area contributed by atoms with Gasteiger partial charge in [0.2, 0.25) is 0 Å². The SMILES string of the molecule is Fc1cc(F)cc(N2C=C(N3C[C@H]4CNC[C@H]4C3)C=CC2)c1. The lowest BCUT2D eigenvalue weighted by atomic mass is 10.0. The Bertz CT molecular complexity index is 609. The molecule has 1 aromatic rings. The fourth-order valence-electron chi connectivity index (χ4n) is 3.68. The van der Waals surface area contributed by atoms with Gasteiger partial charge in [0.05, 0.1) is 5.70 Å². The Balaban J connectivity index is 1.56. The normalized spacial score (nSPS) is 27.3. The van der Waals surface area contributed by atoms with Crippen LogP contribution in [0.4, 0.5) is 14.5 Å². The quantitative estimate of drug-likeness (QED) is 0.905. The van der Waals surface area contributed by atoms with Crippen molar-refractivity contribution in [3.05, 3.63) is 53.9 Å². The Kier molecular flexibility index (Phi) is 3.37. The van der Waals surface area contributed by atoms with E-state index < -0.39 is 11.6 Å². The van der Waals surface area contributed by atoms with Crippen molar-refractivity contribution in [2.45, 2.75) is 0 Å². The van der Waals surface area contributed by atoms with Crippen LogP contribution >= 0.6 is 0 Å². The van der Waals surface area contributed by atoms with Crippen LogP contribution in [0, 0.1) is 23.5 Å². The molecule has 1 N–H and O–H groups in total. The first-order valence-electron chi connectivity index (χ1n) is 7.76. The second-order valence-electron chi connectivity index (χ2n) is 6.32. The number of benzene rings is 1. The lowest BCUT2D eigenvalue weighted by molar-refractivity contribution is 0.399. The van der Waals surface area contributed by atoms with Crippen molar-refractivity contribution in [1.82, 2.24) is 10.2 Å². The molecule has 0 aliphatic carbocycles. The first-order chi connectivity index (χ1) is 10.7. The van der Waals surface area contributed by atoms with E-state index in [9.17, 15) is 8.78 Å². The van der Waals surface area contributed by atoms with Crippen molar-refractivity contribution in [1.29, 1.82) is 0 Å². The van der Waals surface area contributed by atoms with Crippen molar-refractivity contribution in [3.8, 4) is 0 Å². The van der Waals surface area contributed by atoms with Crippen LogP contribution in [0.15, 0.2) is 42.2 Å². The first-order valence-corrected chi connectivity index (χ1v) is 7.76. The molecule has 2 fully saturated rings. The number of anilines is 1. The molecule has 22 heavy (non-hydrogen) atoms. The maximum Gasteiger partial charge on any atom is 0.128 e. The van der Waals surface area contributed by atoms with Crippen LogP contribution in [-0.2, 0) is 0 Å². The van der Waals surface area contributed by atoms with E-state index in [1.165, 1.54) is 12.1 Å². The molecule has 3 heterocycles. The molecule has 0 unspecified atom stereocenters. The largest absolute Gasteiger partial charge is 0.370 e.